The lowest BCUT2D eigenvalue weighted by atomic mass is 10.0. The zero-order chi connectivity index (χ0) is 20.4. The Hall–Kier alpha value is -2.61. The van der Waals surface area contributed by atoms with Gasteiger partial charge in [0.2, 0.25) is 0 Å². The monoisotopic (exact) mass is 419 g/mol. The van der Waals surface area contributed by atoms with Crippen LogP contribution in [0.2, 0.25) is 0 Å². The van der Waals surface area contributed by atoms with Gasteiger partial charge in [-0.3, -0.25) is 9.89 Å². The number of carbonyl (C=O) groups is 1. The number of benzene rings is 1. The van der Waals surface area contributed by atoms with Gasteiger partial charge < -0.3 is 4.90 Å². The van der Waals surface area contributed by atoms with Gasteiger partial charge in [-0.05, 0) is 37.0 Å². The molecule has 4 nitrogen and oxygen atoms in total. The number of aromatic amines is 1. The highest BCUT2D eigenvalue weighted by Crippen LogP contribution is 2.38. The lowest BCUT2D eigenvalue weighted by Crippen LogP contribution is -2.35. The number of amides is 1. The lowest BCUT2D eigenvalue weighted by Gasteiger charge is -2.26. The Bertz CT molecular complexity index is 988. The normalized spacial score (nSPS) is 14.9. The molecule has 1 amide bonds. The van der Waals surface area contributed by atoms with E-state index in [-0.39, 0.29) is 23.6 Å². The highest BCUT2D eigenvalue weighted by Gasteiger charge is 2.37. The molecule has 1 aromatic carbocycles. The Morgan fingerprint density at radius 3 is 2.48 bits per heavy atom. The summed E-state index contributed by atoms with van der Waals surface area (Å²) in [6.07, 6.45) is -1.33. The molecular weight excluding hydrogens is 399 g/mol. The van der Waals surface area contributed by atoms with E-state index >= 15 is 0 Å². The quantitative estimate of drug-likeness (QED) is 0.618. The van der Waals surface area contributed by atoms with Crippen LogP contribution in [0.5, 0.6) is 0 Å². The number of halogens is 3. The van der Waals surface area contributed by atoms with Crippen LogP contribution in [0.1, 0.15) is 45.8 Å². The molecule has 0 saturated carbocycles. The van der Waals surface area contributed by atoms with Gasteiger partial charge in [-0.1, -0.05) is 30.3 Å². The maximum Gasteiger partial charge on any atom is 0.433 e. The zero-order valence-electron chi connectivity index (χ0n) is 15.6. The smallest absolute Gasteiger partial charge is 0.338 e. The van der Waals surface area contributed by atoms with E-state index in [0.717, 1.165) is 37.9 Å². The Kier molecular flexibility index (Phi) is 5.45. The van der Waals surface area contributed by atoms with Crippen molar-refractivity contribution < 1.29 is 18.0 Å². The first kappa shape index (κ1) is 19.7. The third-order valence-electron chi connectivity index (χ3n) is 5.07. The van der Waals surface area contributed by atoms with Crippen molar-refractivity contribution in [2.75, 3.05) is 13.1 Å². The maximum atomic E-state index is 13.5. The number of hydrogen-bond donors (Lipinski definition) is 1. The molecule has 0 unspecified atom stereocenters. The standard InChI is InChI=1S/C21H20F3N3OS/c22-21(23,24)19-15(13-14-7-3-1-4-8-14)18(25-26-19)16-9-10-17(29-16)20(28)27-11-5-2-6-12-27/h1,3-4,7-10H,2,5-6,11-13H2,(H,25,26). The number of carbonyl (C=O) groups excluding carboxylic acids is 1. The summed E-state index contributed by atoms with van der Waals surface area (Å²) in [7, 11) is 0. The van der Waals surface area contributed by atoms with E-state index in [1.165, 1.54) is 11.3 Å². The van der Waals surface area contributed by atoms with Crippen molar-refractivity contribution in [3.05, 3.63) is 64.2 Å². The minimum absolute atomic E-state index is 0.0582. The molecule has 3 heterocycles. The number of likely N-dealkylation sites (tertiary alicyclic amines) is 1. The van der Waals surface area contributed by atoms with Crippen molar-refractivity contribution in [3.8, 4) is 10.6 Å². The number of alkyl halides is 3. The number of thiophene rings is 1. The minimum Gasteiger partial charge on any atom is -0.338 e. The number of H-pyrrole nitrogens is 1. The Balaban J connectivity index is 1.67. The number of aromatic nitrogens is 2. The second-order valence-corrected chi connectivity index (χ2v) is 8.19. The second-order valence-electron chi connectivity index (χ2n) is 7.10. The molecule has 0 radical (unpaired) electrons. The van der Waals surface area contributed by atoms with E-state index in [9.17, 15) is 18.0 Å². The highest BCUT2D eigenvalue weighted by molar-refractivity contribution is 7.17. The fraction of sp³-hybridized carbons (Fsp3) is 0.333. The molecule has 29 heavy (non-hydrogen) atoms. The summed E-state index contributed by atoms with van der Waals surface area (Å²) in [5.74, 6) is -0.0582. The number of piperidine rings is 1. The van der Waals surface area contributed by atoms with Crippen molar-refractivity contribution in [2.45, 2.75) is 31.9 Å². The topological polar surface area (TPSA) is 49.0 Å². The highest BCUT2D eigenvalue weighted by atomic mass is 32.1. The molecule has 0 spiro atoms. The van der Waals surface area contributed by atoms with E-state index in [4.69, 9.17) is 0 Å². The third-order valence-corrected chi connectivity index (χ3v) is 6.15. The molecule has 1 aliphatic rings. The zero-order valence-corrected chi connectivity index (χ0v) is 16.4. The van der Waals surface area contributed by atoms with Crippen LogP contribution in [0, 0.1) is 0 Å². The van der Waals surface area contributed by atoms with Gasteiger partial charge in [0.15, 0.2) is 0 Å². The van der Waals surface area contributed by atoms with Crippen molar-refractivity contribution in [2.24, 2.45) is 0 Å². The van der Waals surface area contributed by atoms with Crippen LogP contribution < -0.4 is 0 Å². The van der Waals surface area contributed by atoms with Gasteiger partial charge >= 0.3 is 6.18 Å². The van der Waals surface area contributed by atoms with Crippen molar-refractivity contribution in [1.29, 1.82) is 0 Å². The van der Waals surface area contributed by atoms with Crippen LogP contribution in [0.4, 0.5) is 13.2 Å². The molecule has 4 rings (SSSR count). The van der Waals surface area contributed by atoms with Crippen molar-refractivity contribution in [3.63, 3.8) is 0 Å². The van der Waals surface area contributed by atoms with Gasteiger partial charge in [-0.25, -0.2) is 0 Å². The predicted molar refractivity (Wildman–Crippen MR) is 106 cm³/mol. The van der Waals surface area contributed by atoms with Crippen LogP contribution in [-0.2, 0) is 12.6 Å². The van der Waals surface area contributed by atoms with Gasteiger partial charge in [0.25, 0.3) is 5.91 Å². The van der Waals surface area contributed by atoms with Gasteiger partial charge in [0.05, 0.1) is 9.75 Å². The fourth-order valence-electron chi connectivity index (χ4n) is 3.61. The van der Waals surface area contributed by atoms with Gasteiger partial charge in [-0.15, -0.1) is 11.3 Å². The van der Waals surface area contributed by atoms with E-state index in [1.54, 1.807) is 36.4 Å². The van der Waals surface area contributed by atoms with E-state index in [1.807, 2.05) is 11.0 Å². The molecule has 1 saturated heterocycles. The molecule has 152 valence electrons. The Labute approximate surface area is 170 Å². The average Bonchev–Trinajstić information content (AvgIpc) is 3.36. The van der Waals surface area contributed by atoms with E-state index in [0.29, 0.717) is 9.75 Å². The molecule has 0 aliphatic carbocycles. The van der Waals surface area contributed by atoms with E-state index in [2.05, 4.69) is 10.2 Å². The van der Waals surface area contributed by atoms with Crippen LogP contribution in [-0.4, -0.2) is 34.1 Å². The Morgan fingerprint density at radius 2 is 1.79 bits per heavy atom. The summed E-state index contributed by atoms with van der Waals surface area (Å²) >= 11 is 1.20. The van der Waals surface area contributed by atoms with E-state index < -0.39 is 11.9 Å². The number of hydrogen-bond acceptors (Lipinski definition) is 3. The molecule has 0 bridgehead atoms. The largest absolute Gasteiger partial charge is 0.433 e. The Morgan fingerprint density at radius 1 is 1.07 bits per heavy atom. The summed E-state index contributed by atoms with van der Waals surface area (Å²) in [5, 5.41) is 6.15. The molecule has 0 atom stereocenters. The first-order chi connectivity index (χ1) is 13.9. The summed E-state index contributed by atoms with van der Waals surface area (Å²) < 4.78 is 40.6. The van der Waals surface area contributed by atoms with Crippen LogP contribution in [0.3, 0.4) is 0 Å². The molecule has 3 aromatic rings. The number of rotatable bonds is 4. The van der Waals surface area contributed by atoms with Gasteiger partial charge in [0.1, 0.15) is 11.4 Å². The summed E-state index contributed by atoms with van der Waals surface area (Å²) in [4.78, 5) is 15.6. The molecule has 1 N–H and O–H groups in total. The predicted octanol–water partition coefficient (Wildman–Crippen LogP) is 5.37. The van der Waals surface area contributed by atoms with Crippen LogP contribution in [0.15, 0.2) is 42.5 Å². The summed E-state index contributed by atoms with van der Waals surface area (Å²) in [6, 6.07) is 12.4. The lowest BCUT2D eigenvalue weighted by molar-refractivity contribution is -0.141. The van der Waals surface area contributed by atoms with Crippen LogP contribution in [0.25, 0.3) is 10.6 Å². The number of nitrogens with one attached hydrogen (secondary N) is 1. The van der Waals surface area contributed by atoms with Crippen LogP contribution >= 0.6 is 11.3 Å². The molecule has 8 heteroatoms. The minimum atomic E-state index is -4.53. The maximum absolute atomic E-state index is 13.5. The molecule has 2 aromatic heterocycles. The second kappa shape index (κ2) is 8.02. The molecule has 1 fully saturated rings. The molecular formula is C21H20F3N3OS. The molecule has 1 aliphatic heterocycles. The number of nitrogens with zero attached hydrogens (tertiary/aromatic N) is 2. The first-order valence-electron chi connectivity index (χ1n) is 9.51. The average molecular weight is 419 g/mol. The first-order valence-corrected chi connectivity index (χ1v) is 10.3. The fourth-order valence-corrected chi connectivity index (χ4v) is 4.60. The van der Waals surface area contributed by atoms with Gasteiger partial charge in [-0.2, -0.15) is 18.3 Å². The summed E-state index contributed by atoms with van der Waals surface area (Å²) in [5.41, 5.74) is 0.280. The third kappa shape index (κ3) is 4.22. The van der Waals surface area contributed by atoms with Crippen molar-refractivity contribution >= 4 is 17.2 Å². The SMILES string of the molecule is O=C(c1ccc(-c2n[nH]c(C(F)(F)F)c2Cc2ccccc2)s1)N1CCCCC1. The van der Waals surface area contributed by atoms with Crippen molar-refractivity contribution in [1.82, 2.24) is 15.1 Å². The summed E-state index contributed by atoms with van der Waals surface area (Å²) in [6.45, 7) is 1.46. The van der Waals surface area contributed by atoms with Gasteiger partial charge in [0, 0.05) is 25.1 Å².